The molecule has 0 aliphatic heterocycles. The van der Waals surface area contributed by atoms with Gasteiger partial charge >= 0.3 is 12.3 Å². The second-order valence-corrected chi connectivity index (χ2v) is 6.57. The van der Waals surface area contributed by atoms with Crippen LogP contribution in [-0.2, 0) is 24.4 Å². The Bertz CT molecular complexity index is 783. The number of nitrogens with one attached hydrogen (secondary N) is 1. The van der Waals surface area contributed by atoms with Gasteiger partial charge in [0.2, 0.25) is 0 Å². The summed E-state index contributed by atoms with van der Waals surface area (Å²) in [6.45, 7) is 1.13. The van der Waals surface area contributed by atoms with E-state index in [4.69, 9.17) is 0 Å². The fourth-order valence-electron chi connectivity index (χ4n) is 2.16. The number of rotatable bonds is 9. The molecule has 2 rings (SSSR count). The van der Waals surface area contributed by atoms with E-state index in [1.54, 1.807) is 29.1 Å². The smallest absolute Gasteiger partial charge is 0.330 e. The molecule has 2 aromatic rings. The minimum Gasteiger partial charge on any atom is -0.370 e. The summed E-state index contributed by atoms with van der Waals surface area (Å²) in [7, 11) is 0. The van der Waals surface area contributed by atoms with Gasteiger partial charge in [-0.2, -0.15) is 13.9 Å². The highest BCUT2D eigenvalue weighted by Gasteiger charge is 2.40. The Hall–Kier alpha value is -1.94. The van der Waals surface area contributed by atoms with Gasteiger partial charge in [-0.1, -0.05) is 12.1 Å². The van der Waals surface area contributed by atoms with Crippen molar-refractivity contribution in [3.8, 4) is 0 Å². The zero-order chi connectivity index (χ0) is 20.0. The van der Waals surface area contributed by atoms with Crippen LogP contribution in [-0.4, -0.2) is 34.6 Å². The molecule has 1 amide bonds. The second-order valence-electron chi connectivity index (χ2n) is 5.72. The monoisotopic (exact) mass is 451 g/mol. The number of hydrogen-bond donors (Lipinski definition) is 1. The van der Waals surface area contributed by atoms with Crippen LogP contribution in [0, 0.1) is 0 Å². The third kappa shape index (κ3) is 6.03. The van der Waals surface area contributed by atoms with E-state index >= 15 is 0 Å². The van der Waals surface area contributed by atoms with Gasteiger partial charge in [0.05, 0.1) is 23.3 Å². The average Bonchev–Trinajstić information content (AvgIpc) is 2.99. The first-order chi connectivity index (χ1) is 12.7. The van der Waals surface area contributed by atoms with Crippen molar-refractivity contribution in [3.05, 3.63) is 51.8 Å². The van der Waals surface area contributed by atoms with E-state index in [1.807, 2.05) is 6.92 Å². The molecule has 0 atom stereocenters. The van der Waals surface area contributed by atoms with E-state index in [0.29, 0.717) is 23.4 Å². The fourth-order valence-corrected chi connectivity index (χ4v) is 2.61. The van der Waals surface area contributed by atoms with Gasteiger partial charge < -0.3 is 10.1 Å². The molecule has 0 saturated carbocycles. The maximum atomic E-state index is 12.8. The van der Waals surface area contributed by atoms with Crippen LogP contribution in [0.3, 0.4) is 0 Å². The van der Waals surface area contributed by atoms with Crippen molar-refractivity contribution in [2.24, 2.45) is 0 Å². The lowest BCUT2D eigenvalue weighted by Crippen LogP contribution is -2.32. The van der Waals surface area contributed by atoms with Crippen LogP contribution in [0.25, 0.3) is 0 Å². The van der Waals surface area contributed by atoms with Crippen LogP contribution in [0.15, 0.2) is 34.9 Å². The predicted molar refractivity (Wildman–Crippen MR) is 93.8 cm³/mol. The largest absolute Gasteiger partial charge is 0.370 e. The molecule has 0 fully saturated rings. The quantitative estimate of drug-likeness (QED) is 0.586. The third-order valence-electron chi connectivity index (χ3n) is 3.60. The molecular formula is C17H18BrF4N3O2. The zero-order valence-corrected chi connectivity index (χ0v) is 16.0. The number of benzene rings is 1. The Morgan fingerprint density at radius 2 is 2.15 bits per heavy atom. The summed E-state index contributed by atoms with van der Waals surface area (Å²) in [5.74, 6) is -4.59. The molecule has 0 bridgehead atoms. The summed E-state index contributed by atoms with van der Waals surface area (Å²) in [6, 6.07) is 6.11. The summed E-state index contributed by atoms with van der Waals surface area (Å²) in [4.78, 5) is 12.3. The fraction of sp³-hybridized carbons (Fsp3) is 0.412. The number of alkyl halides is 4. The van der Waals surface area contributed by atoms with Crippen LogP contribution < -0.4 is 5.32 Å². The predicted octanol–water partition coefficient (Wildman–Crippen LogP) is 4.01. The molecule has 0 saturated heterocycles. The van der Waals surface area contributed by atoms with Crippen LogP contribution >= 0.6 is 15.9 Å². The van der Waals surface area contributed by atoms with Crippen molar-refractivity contribution >= 4 is 21.8 Å². The molecule has 1 aromatic carbocycles. The highest BCUT2D eigenvalue weighted by Crippen LogP contribution is 2.23. The molecule has 0 unspecified atom stereocenters. The Kier molecular flexibility index (Phi) is 7.37. The van der Waals surface area contributed by atoms with Crippen LogP contribution in [0.4, 0.5) is 17.6 Å². The van der Waals surface area contributed by atoms with Gasteiger partial charge in [0.1, 0.15) is 6.61 Å². The number of halogens is 5. The molecule has 0 radical (unpaired) electrons. The third-order valence-corrected chi connectivity index (χ3v) is 4.26. The second kappa shape index (κ2) is 9.32. The van der Waals surface area contributed by atoms with Crippen molar-refractivity contribution in [2.45, 2.75) is 39.0 Å². The van der Waals surface area contributed by atoms with Crippen LogP contribution in [0.1, 0.15) is 28.5 Å². The minimum atomic E-state index is -4.20. The molecule has 1 heterocycles. The number of hydrogen-bond acceptors (Lipinski definition) is 3. The lowest BCUT2D eigenvalue weighted by atomic mass is 10.1. The lowest BCUT2D eigenvalue weighted by molar-refractivity contribution is -0.168. The van der Waals surface area contributed by atoms with Crippen molar-refractivity contribution in [1.82, 2.24) is 15.1 Å². The first-order valence-electron chi connectivity index (χ1n) is 8.05. The van der Waals surface area contributed by atoms with E-state index in [-0.39, 0.29) is 19.1 Å². The topological polar surface area (TPSA) is 56.2 Å². The molecule has 5 nitrogen and oxygen atoms in total. The van der Waals surface area contributed by atoms with Crippen LogP contribution in [0.2, 0.25) is 0 Å². The molecule has 0 spiro atoms. The summed E-state index contributed by atoms with van der Waals surface area (Å²) in [5, 5.41) is 7.00. The first kappa shape index (κ1) is 21.4. The van der Waals surface area contributed by atoms with E-state index in [0.717, 1.165) is 4.47 Å². The number of amides is 1. The van der Waals surface area contributed by atoms with Gasteiger partial charge in [-0.15, -0.1) is 0 Å². The summed E-state index contributed by atoms with van der Waals surface area (Å²) >= 11 is 3.36. The summed E-state index contributed by atoms with van der Waals surface area (Å²) < 4.78 is 57.0. The Labute approximate surface area is 161 Å². The van der Waals surface area contributed by atoms with E-state index in [2.05, 4.69) is 31.1 Å². The zero-order valence-electron chi connectivity index (χ0n) is 14.4. The number of carbonyl (C=O) groups is 1. The van der Waals surface area contributed by atoms with Crippen molar-refractivity contribution in [1.29, 1.82) is 0 Å². The van der Waals surface area contributed by atoms with Crippen molar-refractivity contribution in [2.75, 3.05) is 6.61 Å². The number of nitrogens with zero attached hydrogens (tertiary/aromatic N) is 2. The molecule has 1 aromatic heterocycles. The van der Waals surface area contributed by atoms with E-state index < -0.39 is 19.0 Å². The Morgan fingerprint density at radius 3 is 2.78 bits per heavy atom. The SMILES string of the molecule is CCn1cc(Br)c(CNC(=O)c2cccc(COCC(F)(F)C(F)F)c2)n1. The highest BCUT2D eigenvalue weighted by atomic mass is 79.9. The van der Waals surface area contributed by atoms with E-state index in [1.165, 1.54) is 6.07 Å². The lowest BCUT2D eigenvalue weighted by Gasteiger charge is -2.15. The molecule has 10 heteroatoms. The number of carbonyl (C=O) groups excluding carboxylic acids is 1. The first-order valence-corrected chi connectivity index (χ1v) is 8.85. The summed E-state index contributed by atoms with van der Waals surface area (Å²) in [6.07, 6.45) is -1.99. The molecular weight excluding hydrogens is 434 g/mol. The van der Waals surface area contributed by atoms with E-state index in [9.17, 15) is 22.4 Å². The van der Waals surface area contributed by atoms with Gasteiger partial charge in [0, 0.05) is 18.3 Å². The van der Waals surface area contributed by atoms with Gasteiger partial charge in [-0.05, 0) is 40.5 Å². The maximum absolute atomic E-state index is 12.8. The molecule has 0 aliphatic rings. The van der Waals surface area contributed by atoms with Gasteiger partial charge in [-0.25, -0.2) is 8.78 Å². The van der Waals surface area contributed by atoms with Crippen LogP contribution in [0.5, 0.6) is 0 Å². The normalized spacial score (nSPS) is 11.8. The standard InChI is InChI=1S/C17H18BrF4N3O2/c1-2-25-8-13(18)14(24-25)7-23-15(26)12-5-3-4-11(6-12)9-27-10-17(21,22)16(19)20/h3-6,8,16H,2,7,9-10H2,1H3,(H,23,26). The van der Waals surface area contributed by atoms with Gasteiger partial charge in [0.15, 0.2) is 0 Å². The highest BCUT2D eigenvalue weighted by molar-refractivity contribution is 9.10. The average molecular weight is 452 g/mol. The molecule has 1 N–H and O–H groups in total. The number of ether oxygens (including phenoxy) is 1. The van der Waals surface area contributed by atoms with Gasteiger partial charge in [-0.3, -0.25) is 9.48 Å². The Balaban J connectivity index is 1.91. The van der Waals surface area contributed by atoms with Crippen molar-refractivity contribution < 1.29 is 27.1 Å². The maximum Gasteiger partial charge on any atom is 0.330 e. The molecule has 27 heavy (non-hydrogen) atoms. The Morgan fingerprint density at radius 1 is 1.41 bits per heavy atom. The summed E-state index contributed by atoms with van der Waals surface area (Å²) in [5.41, 5.74) is 1.38. The van der Waals surface area contributed by atoms with Gasteiger partial charge in [0.25, 0.3) is 5.91 Å². The number of aromatic nitrogens is 2. The molecule has 0 aliphatic carbocycles. The minimum absolute atomic E-state index is 0.202. The van der Waals surface area contributed by atoms with Crippen molar-refractivity contribution in [3.63, 3.8) is 0 Å². The molecule has 148 valence electrons. The number of aryl methyl sites for hydroxylation is 1.